The van der Waals surface area contributed by atoms with Gasteiger partial charge in [0.2, 0.25) is 12.7 Å². The van der Waals surface area contributed by atoms with Crippen LogP contribution in [-0.2, 0) is 35.2 Å². The second-order valence-electron chi connectivity index (χ2n) is 12.4. The number of allylic oxidation sites excluding steroid dienone is 1. The number of carboxylic acid groups (broad SMARTS) is 3. The van der Waals surface area contributed by atoms with Crippen LogP contribution in [0.2, 0.25) is 0 Å². The zero-order valence-corrected chi connectivity index (χ0v) is 27.5. The second kappa shape index (κ2) is 13.8. The van der Waals surface area contributed by atoms with Crippen LogP contribution in [0, 0.1) is 0 Å². The molecule has 0 aliphatic carbocycles. The molecule has 0 saturated carbocycles. The number of rotatable bonds is 12. The number of carbonyl (C=O) groups excluding carboxylic acids is 4. The Labute approximate surface area is 295 Å². The molecule has 1 amide bonds. The first-order valence-corrected chi connectivity index (χ1v) is 16.2. The van der Waals surface area contributed by atoms with E-state index >= 15 is 0 Å². The molecule has 2 aliphatic heterocycles. The zero-order chi connectivity index (χ0) is 36.6. The van der Waals surface area contributed by atoms with Crippen molar-refractivity contribution in [3.8, 4) is 11.5 Å². The molecule has 4 atom stereocenters. The standard InChI is InChI=1S/C38H32N2O12/c1-21(26(25-15-16-29-30(18-25)49-20-48-29)9-6-12-31-39-27-10-4-5-11-28(27)50-31)40(19-22-13-14-23-7-2-3-8-24(23)17-22)34(41)32-33(35(42)43)52-38(51-32,36(44)45)37(46)47/h2-8,10-18,21,26,32-33H,9,19-20H2,1H3,(H,42,43)(H,44,45)(H,46,47)/p-3/b12-6+/t21-,26-,32+,33-/m1/s1. The molecular weight excluding hydrogens is 676 g/mol. The maximum Gasteiger partial charge on any atom is 0.255 e. The van der Waals surface area contributed by atoms with Gasteiger partial charge in [-0.3, -0.25) is 4.79 Å². The summed E-state index contributed by atoms with van der Waals surface area (Å²) < 4.78 is 26.9. The molecule has 1 saturated heterocycles. The molecule has 1 fully saturated rings. The molecule has 14 nitrogen and oxygen atoms in total. The van der Waals surface area contributed by atoms with Gasteiger partial charge in [-0.05, 0) is 71.7 Å². The minimum Gasteiger partial charge on any atom is -0.547 e. The number of amides is 1. The van der Waals surface area contributed by atoms with Crippen LogP contribution < -0.4 is 24.8 Å². The van der Waals surface area contributed by atoms with Crippen LogP contribution in [0.1, 0.15) is 36.3 Å². The Hall–Kier alpha value is -6.25. The highest BCUT2D eigenvalue weighted by Gasteiger charge is 2.55. The van der Waals surface area contributed by atoms with E-state index in [4.69, 9.17) is 23.4 Å². The van der Waals surface area contributed by atoms with E-state index in [1.165, 1.54) is 4.90 Å². The first-order valence-electron chi connectivity index (χ1n) is 16.2. The predicted octanol–water partition coefficient (Wildman–Crippen LogP) is 1.04. The first-order chi connectivity index (χ1) is 25.0. The maximum atomic E-state index is 14.5. The minimum atomic E-state index is -3.68. The van der Waals surface area contributed by atoms with Crippen molar-refractivity contribution in [2.24, 2.45) is 0 Å². The van der Waals surface area contributed by atoms with Gasteiger partial charge in [-0.1, -0.05) is 60.7 Å². The summed E-state index contributed by atoms with van der Waals surface area (Å²) in [4.78, 5) is 56.4. The molecule has 3 heterocycles. The highest BCUT2D eigenvalue weighted by Crippen LogP contribution is 2.39. The molecule has 52 heavy (non-hydrogen) atoms. The zero-order valence-electron chi connectivity index (χ0n) is 27.5. The maximum absolute atomic E-state index is 14.5. The Kier molecular flexibility index (Phi) is 9.09. The summed E-state index contributed by atoms with van der Waals surface area (Å²) in [7, 11) is 0. The SMILES string of the molecule is C[C@H]([C@@H](C/C=C/c1nc2ccccc2o1)c1ccc2c(c1)OCO2)N(Cc1ccc2ccccc2c1)C(=O)[C@H]1OC(C(=O)[O-])(C(=O)[O-])O[C@H]1C(=O)[O-]. The number of para-hydroxylation sites is 2. The van der Waals surface area contributed by atoms with Gasteiger partial charge in [-0.25, -0.2) is 4.98 Å². The lowest BCUT2D eigenvalue weighted by Crippen LogP contribution is -2.61. The molecule has 0 bridgehead atoms. The predicted molar refractivity (Wildman–Crippen MR) is 174 cm³/mol. The summed E-state index contributed by atoms with van der Waals surface area (Å²) in [5, 5.41) is 37.8. The number of hydrogen-bond acceptors (Lipinski definition) is 13. The molecule has 0 radical (unpaired) electrons. The summed E-state index contributed by atoms with van der Waals surface area (Å²) in [6.45, 7) is 1.60. The summed E-state index contributed by atoms with van der Waals surface area (Å²) in [5.74, 6) is -10.9. The van der Waals surface area contributed by atoms with Crippen LogP contribution >= 0.6 is 0 Å². The van der Waals surface area contributed by atoms with Crippen molar-refractivity contribution < 1.29 is 57.9 Å². The van der Waals surface area contributed by atoms with Crippen molar-refractivity contribution in [1.82, 2.24) is 9.88 Å². The van der Waals surface area contributed by atoms with Crippen LogP contribution in [0.15, 0.2) is 95.4 Å². The Balaban J connectivity index is 1.29. The van der Waals surface area contributed by atoms with E-state index in [0.29, 0.717) is 39.6 Å². The molecule has 4 aromatic carbocycles. The van der Waals surface area contributed by atoms with Crippen LogP contribution in [0.5, 0.6) is 11.5 Å². The lowest BCUT2D eigenvalue weighted by Gasteiger charge is -2.37. The third kappa shape index (κ3) is 6.40. The third-order valence-corrected chi connectivity index (χ3v) is 9.18. The van der Waals surface area contributed by atoms with Crippen molar-refractivity contribution >= 4 is 51.8 Å². The minimum absolute atomic E-state index is 0.0193. The summed E-state index contributed by atoms with van der Waals surface area (Å²) >= 11 is 0. The number of benzene rings is 4. The number of ether oxygens (including phenoxy) is 4. The number of hydrogen-bond donors (Lipinski definition) is 0. The molecule has 0 N–H and O–H groups in total. The van der Waals surface area contributed by atoms with Crippen LogP contribution in [0.3, 0.4) is 0 Å². The van der Waals surface area contributed by atoms with Crippen molar-refractivity contribution in [2.45, 2.75) is 49.8 Å². The molecule has 2 aliphatic rings. The molecule has 1 aromatic heterocycles. The largest absolute Gasteiger partial charge is 0.547 e. The lowest BCUT2D eigenvalue weighted by atomic mass is 9.87. The molecular formula is C38H29N2O12-3. The van der Waals surface area contributed by atoms with E-state index in [-0.39, 0.29) is 19.8 Å². The molecule has 0 unspecified atom stereocenters. The monoisotopic (exact) mass is 705 g/mol. The van der Waals surface area contributed by atoms with Gasteiger partial charge in [0, 0.05) is 18.5 Å². The van der Waals surface area contributed by atoms with Gasteiger partial charge in [-0.2, -0.15) is 0 Å². The number of fused-ring (bicyclic) bond motifs is 3. The Morgan fingerprint density at radius 1 is 0.865 bits per heavy atom. The van der Waals surface area contributed by atoms with E-state index in [1.807, 2.05) is 60.7 Å². The fourth-order valence-corrected chi connectivity index (χ4v) is 6.51. The van der Waals surface area contributed by atoms with Gasteiger partial charge < -0.3 is 58.0 Å². The average molecular weight is 706 g/mol. The fourth-order valence-electron chi connectivity index (χ4n) is 6.51. The number of carbonyl (C=O) groups is 4. The van der Waals surface area contributed by atoms with Gasteiger partial charge in [0.1, 0.15) is 23.6 Å². The lowest BCUT2D eigenvalue weighted by molar-refractivity contribution is -0.375. The van der Waals surface area contributed by atoms with Gasteiger partial charge in [-0.15, -0.1) is 0 Å². The normalized spacial score (nSPS) is 18.8. The topological polar surface area (TPSA) is 204 Å². The van der Waals surface area contributed by atoms with Gasteiger partial charge in [0.15, 0.2) is 23.2 Å². The number of oxazole rings is 1. The molecule has 266 valence electrons. The van der Waals surface area contributed by atoms with E-state index in [9.17, 15) is 34.5 Å². The van der Waals surface area contributed by atoms with Gasteiger partial charge in [0.25, 0.3) is 11.7 Å². The van der Waals surface area contributed by atoms with E-state index in [0.717, 1.165) is 10.8 Å². The smallest absolute Gasteiger partial charge is 0.255 e. The van der Waals surface area contributed by atoms with Gasteiger partial charge >= 0.3 is 0 Å². The summed E-state index contributed by atoms with van der Waals surface area (Å²) in [6, 6.07) is 24.8. The molecule has 5 aromatic rings. The summed E-state index contributed by atoms with van der Waals surface area (Å²) in [5.41, 5.74) is 2.59. The van der Waals surface area contributed by atoms with Crippen molar-refractivity contribution in [3.05, 3.63) is 108 Å². The number of aromatic nitrogens is 1. The first kappa shape index (κ1) is 34.2. The molecule has 14 heteroatoms. The second-order valence-corrected chi connectivity index (χ2v) is 12.4. The van der Waals surface area contributed by atoms with E-state index in [1.54, 1.807) is 43.3 Å². The van der Waals surface area contributed by atoms with E-state index < -0.39 is 53.8 Å². The number of carboxylic acids is 3. The van der Waals surface area contributed by atoms with Gasteiger partial charge in [0.05, 0.1) is 5.97 Å². The Morgan fingerprint density at radius 2 is 1.58 bits per heavy atom. The van der Waals surface area contributed by atoms with E-state index in [2.05, 4.69) is 4.98 Å². The highest BCUT2D eigenvalue weighted by molar-refractivity contribution is 6.00. The van der Waals surface area contributed by atoms with Crippen LogP contribution in [-0.4, -0.2) is 64.5 Å². The highest BCUT2D eigenvalue weighted by atomic mass is 16.8. The van der Waals surface area contributed by atoms with Crippen molar-refractivity contribution in [2.75, 3.05) is 6.79 Å². The van der Waals surface area contributed by atoms with Crippen LogP contribution in [0.25, 0.3) is 27.9 Å². The quantitative estimate of drug-likeness (QED) is 0.167. The van der Waals surface area contributed by atoms with Crippen molar-refractivity contribution in [1.29, 1.82) is 0 Å². The fraction of sp³-hybridized carbons (Fsp3) is 0.237. The van der Waals surface area contributed by atoms with Crippen LogP contribution in [0.4, 0.5) is 0 Å². The molecule has 0 spiro atoms. The average Bonchev–Trinajstić information content (AvgIpc) is 3.89. The summed E-state index contributed by atoms with van der Waals surface area (Å²) in [6.07, 6.45) is -0.925. The Morgan fingerprint density at radius 3 is 2.33 bits per heavy atom. The Bertz CT molecular complexity index is 2180. The number of nitrogens with zero attached hydrogens (tertiary/aromatic N) is 2. The molecule has 7 rings (SSSR count). The van der Waals surface area contributed by atoms with Crippen molar-refractivity contribution in [3.63, 3.8) is 0 Å². The number of aliphatic carboxylic acids is 3. The third-order valence-electron chi connectivity index (χ3n) is 9.18.